The lowest BCUT2D eigenvalue weighted by Gasteiger charge is -2.29. The Morgan fingerprint density at radius 2 is 1.82 bits per heavy atom. The summed E-state index contributed by atoms with van der Waals surface area (Å²) in [5.41, 5.74) is 4.77. The fourth-order valence-corrected chi connectivity index (χ4v) is 5.26. The molecule has 1 amide bonds. The Morgan fingerprint density at radius 3 is 2.54 bits per heavy atom. The molecule has 9 heteroatoms. The van der Waals surface area contributed by atoms with E-state index in [1.54, 1.807) is 13.3 Å². The first-order valence-corrected chi connectivity index (χ1v) is 13.2. The van der Waals surface area contributed by atoms with E-state index in [4.69, 9.17) is 17.0 Å². The highest BCUT2D eigenvalue weighted by molar-refractivity contribution is 7.80. The van der Waals surface area contributed by atoms with Crippen molar-refractivity contribution in [1.82, 2.24) is 19.8 Å². The highest BCUT2D eigenvalue weighted by Crippen LogP contribution is 2.39. The monoisotopic (exact) mass is 540 g/mol. The van der Waals surface area contributed by atoms with Gasteiger partial charge >= 0.3 is 0 Å². The van der Waals surface area contributed by atoms with Crippen molar-refractivity contribution in [3.8, 4) is 11.4 Å². The molecule has 0 radical (unpaired) electrons. The van der Waals surface area contributed by atoms with E-state index in [-0.39, 0.29) is 24.4 Å². The summed E-state index contributed by atoms with van der Waals surface area (Å²) in [5, 5.41) is 7.04. The second-order valence-corrected chi connectivity index (χ2v) is 9.92. The molecule has 39 heavy (non-hydrogen) atoms. The molecule has 0 spiro atoms. The smallest absolute Gasteiger partial charge is 0.226 e. The number of ether oxygens (including phenoxy) is 1. The molecular weight excluding hydrogens is 508 g/mol. The molecule has 200 valence electrons. The standard InChI is InChI=1S/C30H32N6O2S/c1-34(2)21-13-15-22(16-14-21)35-19-8-11-25(35)29-28(24-10-6-7-18-31-24)33-30(39)36(29)20-17-27(37)32-23-9-4-5-12-26(23)38-3/h4-16,18-19,28-29H,17,20H2,1-3H3,(H,32,37)(H,33,39)/t28-,29-/m0/s1. The van der Waals surface area contributed by atoms with E-state index in [1.165, 1.54) is 0 Å². The number of nitrogens with zero attached hydrogens (tertiary/aromatic N) is 4. The summed E-state index contributed by atoms with van der Waals surface area (Å²) in [4.78, 5) is 21.8. The number of carbonyl (C=O) groups excluding carboxylic acids is 1. The van der Waals surface area contributed by atoms with Crippen molar-refractivity contribution in [2.75, 3.05) is 38.0 Å². The van der Waals surface area contributed by atoms with Crippen LogP contribution in [0.4, 0.5) is 11.4 Å². The number of pyridine rings is 1. The van der Waals surface area contributed by atoms with Gasteiger partial charge in [-0.3, -0.25) is 9.78 Å². The SMILES string of the molecule is COc1ccccc1NC(=O)CCN1C(=S)N[C@@H](c2ccccn2)[C@@H]1c1cccn1-c1ccc(N(C)C)cc1. The van der Waals surface area contributed by atoms with Crippen LogP contribution >= 0.6 is 12.2 Å². The van der Waals surface area contributed by atoms with Gasteiger partial charge < -0.3 is 29.7 Å². The summed E-state index contributed by atoms with van der Waals surface area (Å²) < 4.78 is 7.56. The fraction of sp³-hybridized carbons (Fsp3) is 0.233. The molecule has 0 aliphatic carbocycles. The molecule has 2 N–H and O–H groups in total. The average Bonchev–Trinajstić information content (AvgIpc) is 3.57. The van der Waals surface area contributed by atoms with Crippen LogP contribution in [0.15, 0.2) is 91.3 Å². The summed E-state index contributed by atoms with van der Waals surface area (Å²) in [7, 11) is 5.64. The first kappa shape index (κ1) is 26.2. The van der Waals surface area contributed by atoms with E-state index in [2.05, 4.69) is 66.5 Å². The quantitative estimate of drug-likeness (QED) is 0.291. The third-order valence-corrected chi connectivity index (χ3v) is 7.24. The van der Waals surface area contributed by atoms with Crippen LogP contribution in [0.5, 0.6) is 5.75 Å². The number of thiocarbonyl (C=S) groups is 1. The molecule has 1 saturated heterocycles. The van der Waals surface area contributed by atoms with Gasteiger partial charge in [-0.1, -0.05) is 18.2 Å². The Morgan fingerprint density at radius 1 is 1.05 bits per heavy atom. The van der Waals surface area contributed by atoms with Gasteiger partial charge in [0.25, 0.3) is 0 Å². The molecule has 4 aromatic rings. The molecule has 5 rings (SSSR count). The van der Waals surface area contributed by atoms with Gasteiger partial charge in [-0.2, -0.15) is 0 Å². The molecule has 1 aliphatic rings. The molecule has 0 unspecified atom stereocenters. The number of carbonyl (C=O) groups is 1. The van der Waals surface area contributed by atoms with Crippen LogP contribution in [0, 0.1) is 0 Å². The number of benzene rings is 2. The third kappa shape index (κ3) is 5.58. The first-order chi connectivity index (χ1) is 19.0. The molecule has 3 heterocycles. The minimum Gasteiger partial charge on any atom is -0.495 e. The van der Waals surface area contributed by atoms with Crippen LogP contribution < -0.4 is 20.3 Å². The number of amides is 1. The normalized spacial score (nSPS) is 16.6. The van der Waals surface area contributed by atoms with Crippen molar-refractivity contribution in [2.24, 2.45) is 0 Å². The van der Waals surface area contributed by atoms with Gasteiger partial charge in [0.05, 0.1) is 30.6 Å². The van der Waals surface area contributed by atoms with Gasteiger partial charge in [0, 0.05) is 56.5 Å². The Bertz CT molecular complexity index is 1440. The van der Waals surface area contributed by atoms with Crippen LogP contribution in [0.2, 0.25) is 0 Å². The summed E-state index contributed by atoms with van der Waals surface area (Å²) in [6, 6.07) is 25.5. The third-order valence-electron chi connectivity index (χ3n) is 6.89. The lowest BCUT2D eigenvalue weighted by atomic mass is 10.0. The molecule has 0 bridgehead atoms. The topological polar surface area (TPSA) is 74.7 Å². The zero-order valence-corrected chi connectivity index (χ0v) is 23.1. The summed E-state index contributed by atoms with van der Waals surface area (Å²) in [5.74, 6) is 0.507. The van der Waals surface area contributed by atoms with Gasteiger partial charge in [0.15, 0.2) is 5.11 Å². The van der Waals surface area contributed by atoms with Gasteiger partial charge in [0.2, 0.25) is 5.91 Å². The van der Waals surface area contributed by atoms with E-state index >= 15 is 0 Å². The maximum absolute atomic E-state index is 13.0. The Hall–Kier alpha value is -4.37. The highest BCUT2D eigenvalue weighted by atomic mass is 32.1. The van der Waals surface area contributed by atoms with E-state index < -0.39 is 0 Å². The van der Waals surface area contributed by atoms with Gasteiger partial charge in [0.1, 0.15) is 5.75 Å². The minimum atomic E-state index is -0.175. The van der Waals surface area contributed by atoms with E-state index in [1.807, 2.05) is 62.6 Å². The highest BCUT2D eigenvalue weighted by Gasteiger charge is 2.41. The lowest BCUT2D eigenvalue weighted by molar-refractivity contribution is -0.116. The Labute approximate surface area is 234 Å². The molecule has 0 saturated carbocycles. The Balaban J connectivity index is 1.43. The Kier molecular flexibility index (Phi) is 7.79. The van der Waals surface area contributed by atoms with Crippen LogP contribution in [-0.4, -0.2) is 53.2 Å². The van der Waals surface area contributed by atoms with Crippen molar-refractivity contribution in [3.63, 3.8) is 0 Å². The largest absolute Gasteiger partial charge is 0.495 e. The number of methoxy groups -OCH3 is 1. The zero-order chi connectivity index (χ0) is 27.4. The van der Waals surface area contributed by atoms with Crippen LogP contribution in [0.3, 0.4) is 0 Å². The number of hydrogen-bond donors (Lipinski definition) is 2. The number of rotatable bonds is 9. The first-order valence-electron chi connectivity index (χ1n) is 12.8. The molecule has 8 nitrogen and oxygen atoms in total. The summed E-state index contributed by atoms with van der Waals surface area (Å²) in [6.45, 7) is 0.436. The number of anilines is 2. The number of para-hydroxylation sites is 2. The second-order valence-electron chi connectivity index (χ2n) is 9.53. The molecule has 1 fully saturated rings. The van der Waals surface area contributed by atoms with Crippen molar-refractivity contribution >= 4 is 34.6 Å². The molecule has 2 aromatic carbocycles. The summed E-state index contributed by atoms with van der Waals surface area (Å²) in [6.07, 6.45) is 4.10. The van der Waals surface area contributed by atoms with E-state index in [0.29, 0.717) is 23.1 Å². The minimum absolute atomic E-state index is 0.114. The molecular formula is C30H32N6O2S. The van der Waals surface area contributed by atoms with Crippen molar-refractivity contribution in [3.05, 3.63) is 103 Å². The van der Waals surface area contributed by atoms with Gasteiger partial charge in [-0.05, 0) is 72.9 Å². The summed E-state index contributed by atoms with van der Waals surface area (Å²) >= 11 is 5.82. The van der Waals surface area contributed by atoms with Crippen molar-refractivity contribution in [2.45, 2.75) is 18.5 Å². The van der Waals surface area contributed by atoms with Gasteiger partial charge in [-0.15, -0.1) is 0 Å². The molecule has 1 aliphatic heterocycles. The van der Waals surface area contributed by atoms with E-state index in [9.17, 15) is 4.79 Å². The predicted octanol–water partition coefficient (Wildman–Crippen LogP) is 4.95. The molecule has 2 aromatic heterocycles. The zero-order valence-electron chi connectivity index (χ0n) is 22.2. The van der Waals surface area contributed by atoms with Crippen molar-refractivity contribution in [1.29, 1.82) is 0 Å². The van der Waals surface area contributed by atoms with Gasteiger partial charge in [-0.25, -0.2) is 0 Å². The van der Waals surface area contributed by atoms with Crippen LogP contribution in [-0.2, 0) is 4.79 Å². The number of aromatic nitrogens is 2. The van der Waals surface area contributed by atoms with Crippen molar-refractivity contribution < 1.29 is 9.53 Å². The molecule has 2 atom stereocenters. The number of hydrogen-bond acceptors (Lipinski definition) is 5. The average molecular weight is 541 g/mol. The maximum Gasteiger partial charge on any atom is 0.226 e. The van der Waals surface area contributed by atoms with E-state index in [0.717, 1.165) is 22.8 Å². The predicted molar refractivity (Wildman–Crippen MR) is 158 cm³/mol. The lowest BCUT2D eigenvalue weighted by Crippen LogP contribution is -2.33. The number of nitrogens with one attached hydrogen (secondary N) is 2. The van der Waals surface area contributed by atoms with Crippen LogP contribution in [0.25, 0.3) is 5.69 Å². The maximum atomic E-state index is 13.0. The fourth-order valence-electron chi connectivity index (χ4n) is 4.93. The van der Waals surface area contributed by atoms with Crippen LogP contribution in [0.1, 0.15) is 29.9 Å². The second kappa shape index (κ2) is 11.6.